The smallest absolute Gasteiger partial charge is 0.208 e. The lowest BCUT2D eigenvalue weighted by atomic mass is 10.2. The Morgan fingerprint density at radius 3 is 2.62 bits per heavy atom. The maximum absolute atomic E-state index is 9.09. The third-order valence-electron chi connectivity index (χ3n) is 1.15. The van der Waals surface area contributed by atoms with Crippen molar-refractivity contribution in [3.05, 3.63) is 11.8 Å². The van der Waals surface area contributed by atoms with Crippen LogP contribution in [0.15, 0.2) is 11.8 Å². The minimum absolute atomic E-state index is 0.610. The molecular formula is C6H10O2. The lowest BCUT2D eigenvalue weighted by molar-refractivity contribution is -0.143. The van der Waals surface area contributed by atoms with Gasteiger partial charge in [0.25, 0.3) is 0 Å². The fraction of sp³-hybridized carbons (Fsp3) is 0.667. The van der Waals surface area contributed by atoms with E-state index in [2.05, 4.69) is 0 Å². The number of aliphatic hydroxyl groups is 1. The van der Waals surface area contributed by atoms with E-state index in [0.29, 0.717) is 6.42 Å². The van der Waals surface area contributed by atoms with E-state index in [0.717, 1.165) is 5.76 Å². The van der Waals surface area contributed by atoms with E-state index in [1.807, 2.05) is 13.0 Å². The average Bonchev–Trinajstić information content (AvgIpc) is 1.82. The fourth-order valence-electron chi connectivity index (χ4n) is 0.763. The topological polar surface area (TPSA) is 29.5 Å². The molecule has 0 spiro atoms. The van der Waals surface area contributed by atoms with Crippen LogP contribution in [0.4, 0.5) is 0 Å². The molecule has 2 heteroatoms. The van der Waals surface area contributed by atoms with Gasteiger partial charge < -0.3 is 9.84 Å². The molecule has 0 fully saturated rings. The standard InChI is InChI=1S/C6H10O2/c1-5-3-4-6(2,7)8-5/h3,7H,4H2,1-2H3. The predicted molar refractivity (Wildman–Crippen MR) is 30.1 cm³/mol. The maximum atomic E-state index is 9.09. The molecule has 0 saturated heterocycles. The van der Waals surface area contributed by atoms with Crippen LogP contribution in [0.2, 0.25) is 0 Å². The molecule has 1 N–H and O–H groups in total. The molecule has 0 amide bonds. The molecule has 0 aliphatic carbocycles. The van der Waals surface area contributed by atoms with Crippen LogP contribution in [-0.4, -0.2) is 10.9 Å². The van der Waals surface area contributed by atoms with E-state index in [9.17, 15) is 0 Å². The Bertz CT molecular complexity index is 124. The third-order valence-corrected chi connectivity index (χ3v) is 1.15. The zero-order chi connectivity index (χ0) is 6.20. The van der Waals surface area contributed by atoms with Gasteiger partial charge in [-0.25, -0.2) is 0 Å². The molecule has 1 aliphatic rings. The summed E-state index contributed by atoms with van der Waals surface area (Å²) in [4.78, 5) is 0. The molecule has 0 aromatic heterocycles. The molecule has 1 aliphatic heterocycles. The number of hydrogen-bond acceptors (Lipinski definition) is 2. The quantitative estimate of drug-likeness (QED) is 0.509. The van der Waals surface area contributed by atoms with Gasteiger partial charge in [0, 0.05) is 13.3 Å². The molecule has 1 heterocycles. The first kappa shape index (κ1) is 5.63. The van der Waals surface area contributed by atoms with Crippen molar-refractivity contribution in [1.29, 1.82) is 0 Å². The monoisotopic (exact) mass is 114 g/mol. The predicted octanol–water partition coefficient (Wildman–Crippen LogP) is 1.02. The first-order valence-electron chi connectivity index (χ1n) is 2.68. The lowest BCUT2D eigenvalue weighted by Gasteiger charge is -2.16. The van der Waals surface area contributed by atoms with E-state index in [4.69, 9.17) is 9.84 Å². The van der Waals surface area contributed by atoms with Gasteiger partial charge in [-0.05, 0) is 13.0 Å². The third kappa shape index (κ3) is 1.01. The van der Waals surface area contributed by atoms with Gasteiger partial charge >= 0.3 is 0 Å². The second-order valence-electron chi connectivity index (χ2n) is 2.30. The van der Waals surface area contributed by atoms with Gasteiger partial charge in [-0.1, -0.05) is 0 Å². The summed E-state index contributed by atoms with van der Waals surface area (Å²) in [7, 11) is 0. The molecular weight excluding hydrogens is 104 g/mol. The van der Waals surface area contributed by atoms with E-state index >= 15 is 0 Å². The Hall–Kier alpha value is -0.500. The molecule has 1 atom stereocenters. The fourth-order valence-corrected chi connectivity index (χ4v) is 0.763. The van der Waals surface area contributed by atoms with E-state index < -0.39 is 5.79 Å². The minimum Gasteiger partial charge on any atom is -0.468 e. The number of rotatable bonds is 0. The number of ether oxygens (including phenoxy) is 1. The minimum atomic E-state index is -0.927. The highest BCUT2D eigenvalue weighted by molar-refractivity contribution is 4.99. The zero-order valence-electron chi connectivity index (χ0n) is 5.14. The summed E-state index contributed by atoms with van der Waals surface area (Å²) in [5.74, 6) is -0.112. The van der Waals surface area contributed by atoms with Crippen molar-refractivity contribution in [2.24, 2.45) is 0 Å². The number of hydrogen-bond donors (Lipinski definition) is 1. The highest BCUT2D eigenvalue weighted by Crippen LogP contribution is 2.23. The molecule has 2 nitrogen and oxygen atoms in total. The zero-order valence-corrected chi connectivity index (χ0v) is 5.14. The first-order chi connectivity index (χ1) is 3.60. The van der Waals surface area contributed by atoms with Crippen molar-refractivity contribution in [3.8, 4) is 0 Å². The van der Waals surface area contributed by atoms with Crippen molar-refractivity contribution in [2.45, 2.75) is 26.1 Å². The van der Waals surface area contributed by atoms with Crippen LogP contribution in [-0.2, 0) is 4.74 Å². The van der Waals surface area contributed by atoms with Crippen LogP contribution < -0.4 is 0 Å². The summed E-state index contributed by atoms with van der Waals surface area (Å²) >= 11 is 0. The molecule has 46 valence electrons. The van der Waals surface area contributed by atoms with Gasteiger partial charge in [-0.15, -0.1) is 0 Å². The van der Waals surface area contributed by atoms with Gasteiger partial charge in [0.1, 0.15) is 0 Å². The molecule has 1 rings (SSSR count). The van der Waals surface area contributed by atoms with Crippen molar-refractivity contribution in [1.82, 2.24) is 0 Å². The lowest BCUT2D eigenvalue weighted by Crippen LogP contribution is -2.21. The van der Waals surface area contributed by atoms with E-state index in [1.165, 1.54) is 0 Å². The van der Waals surface area contributed by atoms with Crippen LogP contribution in [0.25, 0.3) is 0 Å². The normalized spacial score (nSPS) is 36.6. The summed E-state index contributed by atoms with van der Waals surface area (Å²) in [5, 5.41) is 9.09. The van der Waals surface area contributed by atoms with Gasteiger partial charge in [0.05, 0.1) is 5.76 Å². The Labute approximate surface area is 48.8 Å². The summed E-state index contributed by atoms with van der Waals surface area (Å²) < 4.78 is 4.97. The molecule has 0 bridgehead atoms. The largest absolute Gasteiger partial charge is 0.468 e. The van der Waals surface area contributed by atoms with Crippen molar-refractivity contribution in [2.75, 3.05) is 0 Å². The Morgan fingerprint density at radius 1 is 1.88 bits per heavy atom. The Morgan fingerprint density at radius 2 is 2.50 bits per heavy atom. The van der Waals surface area contributed by atoms with Crippen molar-refractivity contribution >= 4 is 0 Å². The average molecular weight is 114 g/mol. The highest BCUT2D eigenvalue weighted by atomic mass is 16.6. The summed E-state index contributed by atoms with van der Waals surface area (Å²) in [5.41, 5.74) is 0. The van der Waals surface area contributed by atoms with Crippen molar-refractivity contribution in [3.63, 3.8) is 0 Å². The maximum Gasteiger partial charge on any atom is 0.208 e. The molecule has 0 aromatic carbocycles. The second kappa shape index (κ2) is 1.49. The van der Waals surface area contributed by atoms with Gasteiger partial charge in [-0.2, -0.15) is 0 Å². The Kier molecular flexibility index (Phi) is 1.05. The van der Waals surface area contributed by atoms with E-state index in [1.54, 1.807) is 6.92 Å². The van der Waals surface area contributed by atoms with Crippen LogP contribution in [0.5, 0.6) is 0 Å². The van der Waals surface area contributed by atoms with Crippen LogP contribution in [0.1, 0.15) is 20.3 Å². The summed E-state index contributed by atoms with van der Waals surface area (Å²) in [6.45, 7) is 3.49. The van der Waals surface area contributed by atoms with E-state index in [-0.39, 0.29) is 0 Å². The van der Waals surface area contributed by atoms with Gasteiger partial charge in [-0.3, -0.25) is 0 Å². The van der Waals surface area contributed by atoms with Gasteiger partial charge in [0.15, 0.2) is 0 Å². The Balaban J connectivity index is 2.55. The number of allylic oxidation sites excluding steroid dienone is 1. The second-order valence-corrected chi connectivity index (χ2v) is 2.30. The molecule has 0 aromatic rings. The molecule has 0 radical (unpaired) electrons. The molecule has 8 heavy (non-hydrogen) atoms. The van der Waals surface area contributed by atoms with Crippen molar-refractivity contribution < 1.29 is 9.84 Å². The van der Waals surface area contributed by atoms with Gasteiger partial charge in [0.2, 0.25) is 5.79 Å². The summed E-state index contributed by atoms with van der Waals surface area (Å²) in [6, 6.07) is 0. The van der Waals surface area contributed by atoms with Crippen LogP contribution >= 0.6 is 0 Å². The van der Waals surface area contributed by atoms with Crippen LogP contribution in [0.3, 0.4) is 0 Å². The summed E-state index contributed by atoms with van der Waals surface area (Å²) in [6.07, 6.45) is 2.48. The molecule has 1 unspecified atom stereocenters. The molecule has 0 saturated carbocycles. The SMILES string of the molecule is CC1=CCC(C)(O)O1. The van der Waals surface area contributed by atoms with Crippen LogP contribution in [0, 0.1) is 0 Å². The highest BCUT2D eigenvalue weighted by Gasteiger charge is 2.25. The first-order valence-corrected chi connectivity index (χ1v) is 2.68.